The maximum Gasteiger partial charge on any atom is 0.265 e. The average Bonchev–Trinajstić information content (AvgIpc) is 3.23. The molecule has 8 heteroatoms. The smallest absolute Gasteiger partial charge is 0.265 e. The minimum atomic E-state index is -3.83. The summed E-state index contributed by atoms with van der Waals surface area (Å²) in [6, 6.07) is 6.90. The Labute approximate surface area is 166 Å². The van der Waals surface area contributed by atoms with Crippen LogP contribution in [0.4, 0.5) is 11.4 Å². The Hall–Kier alpha value is -2.35. The van der Waals surface area contributed by atoms with Gasteiger partial charge in [-0.05, 0) is 31.0 Å². The van der Waals surface area contributed by atoms with Crippen LogP contribution in [0.5, 0.6) is 0 Å². The van der Waals surface area contributed by atoms with Crippen molar-refractivity contribution in [2.45, 2.75) is 69.7 Å². The average molecular weight is 405 g/mol. The fourth-order valence-electron chi connectivity index (χ4n) is 3.52. The van der Waals surface area contributed by atoms with Crippen LogP contribution in [-0.4, -0.2) is 24.1 Å². The van der Waals surface area contributed by atoms with Crippen LogP contribution < -0.4 is 10.0 Å². The van der Waals surface area contributed by atoms with E-state index in [-0.39, 0.29) is 16.8 Å². The van der Waals surface area contributed by atoms with E-state index in [1.807, 2.05) is 25.5 Å². The topological polar surface area (TPSA) is 93.1 Å². The lowest BCUT2D eigenvalue weighted by Gasteiger charge is -2.18. The normalized spacial score (nSPS) is 15.6. The first kappa shape index (κ1) is 20.4. The number of nitrogens with one attached hydrogen (secondary N) is 2. The first-order valence-corrected chi connectivity index (χ1v) is 11.0. The van der Waals surface area contributed by atoms with Gasteiger partial charge in [-0.2, -0.15) is 5.10 Å². The van der Waals surface area contributed by atoms with E-state index in [1.54, 1.807) is 30.5 Å². The number of hydrogen-bond donors (Lipinski definition) is 2. The van der Waals surface area contributed by atoms with Gasteiger partial charge >= 0.3 is 0 Å². The van der Waals surface area contributed by atoms with Gasteiger partial charge in [-0.15, -0.1) is 0 Å². The summed E-state index contributed by atoms with van der Waals surface area (Å²) in [6.45, 7) is 7.30. The third-order valence-corrected chi connectivity index (χ3v) is 6.21. The number of benzene rings is 1. The van der Waals surface area contributed by atoms with Gasteiger partial charge < -0.3 is 5.32 Å². The van der Waals surface area contributed by atoms with Crippen molar-refractivity contribution in [1.82, 2.24) is 9.78 Å². The van der Waals surface area contributed by atoms with Gasteiger partial charge in [0.2, 0.25) is 5.91 Å². The van der Waals surface area contributed by atoms with Crippen LogP contribution in [0, 0.1) is 0 Å². The first-order valence-electron chi connectivity index (χ1n) is 9.56. The largest absolute Gasteiger partial charge is 0.326 e. The van der Waals surface area contributed by atoms with Crippen LogP contribution in [-0.2, 0) is 20.2 Å². The van der Waals surface area contributed by atoms with Gasteiger partial charge in [0.05, 0.1) is 17.4 Å². The molecule has 7 nitrogen and oxygen atoms in total. The van der Waals surface area contributed by atoms with Crippen molar-refractivity contribution >= 4 is 27.3 Å². The van der Waals surface area contributed by atoms with E-state index in [0.29, 0.717) is 17.1 Å². The van der Waals surface area contributed by atoms with Gasteiger partial charge in [0.1, 0.15) is 4.90 Å². The minimum absolute atomic E-state index is 0.205. The Morgan fingerprint density at radius 2 is 1.82 bits per heavy atom. The number of carbonyl (C=O) groups excluding carboxylic acids is 1. The molecule has 3 rings (SSSR count). The van der Waals surface area contributed by atoms with Crippen LogP contribution in [0.3, 0.4) is 0 Å². The molecule has 1 aliphatic rings. The predicted molar refractivity (Wildman–Crippen MR) is 110 cm³/mol. The summed E-state index contributed by atoms with van der Waals surface area (Å²) in [7, 11) is -3.83. The van der Waals surface area contributed by atoms with Crippen molar-refractivity contribution in [1.29, 1.82) is 0 Å². The molecular weight excluding hydrogens is 376 g/mol. The van der Waals surface area contributed by atoms with Crippen LogP contribution in [0.2, 0.25) is 0 Å². The molecule has 1 amide bonds. The zero-order chi connectivity index (χ0) is 20.5. The van der Waals surface area contributed by atoms with Crippen molar-refractivity contribution < 1.29 is 13.2 Å². The zero-order valence-corrected chi connectivity index (χ0v) is 17.6. The maximum absolute atomic E-state index is 13.2. The van der Waals surface area contributed by atoms with E-state index >= 15 is 0 Å². The third-order valence-electron chi connectivity index (χ3n) is 4.83. The lowest BCUT2D eigenvalue weighted by Crippen LogP contribution is -2.20. The van der Waals surface area contributed by atoms with E-state index in [9.17, 15) is 13.2 Å². The molecule has 152 valence electrons. The van der Waals surface area contributed by atoms with Gasteiger partial charge in [-0.1, -0.05) is 39.7 Å². The summed E-state index contributed by atoms with van der Waals surface area (Å²) in [6.07, 6.45) is 6.00. The molecule has 28 heavy (non-hydrogen) atoms. The Morgan fingerprint density at radius 1 is 1.18 bits per heavy atom. The van der Waals surface area contributed by atoms with Crippen molar-refractivity contribution in [3.05, 3.63) is 36.2 Å². The number of aromatic nitrogens is 2. The monoisotopic (exact) mass is 404 g/mol. The Balaban J connectivity index is 1.95. The van der Waals surface area contributed by atoms with E-state index in [0.717, 1.165) is 25.7 Å². The minimum Gasteiger partial charge on any atom is -0.326 e. The number of nitrogens with zero attached hydrogens (tertiary/aromatic N) is 2. The lowest BCUT2D eigenvalue weighted by atomic mass is 9.92. The molecule has 0 spiro atoms. The van der Waals surface area contributed by atoms with Crippen molar-refractivity contribution in [2.75, 3.05) is 10.0 Å². The first-order chi connectivity index (χ1) is 13.1. The fourth-order valence-corrected chi connectivity index (χ4v) is 4.92. The molecule has 1 fully saturated rings. The number of hydrogen-bond acceptors (Lipinski definition) is 4. The highest BCUT2D eigenvalue weighted by Crippen LogP contribution is 2.34. The summed E-state index contributed by atoms with van der Waals surface area (Å²) in [5.74, 6) is -0.215. The molecule has 0 radical (unpaired) electrons. The van der Waals surface area contributed by atoms with E-state index < -0.39 is 15.4 Å². The van der Waals surface area contributed by atoms with Crippen molar-refractivity contribution in [2.24, 2.45) is 0 Å². The molecule has 1 heterocycles. The molecule has 0 atom stereocenters. The summed E-state index contributed by atoms with van der Waals surface area (Å²) in [5.41, 5.74) is 1.07. The predicted octanol–water partition coefficient (Wildman–Crippen LogP) is 4.05. The number of sulfonamides is 1. The maximum atomic E-state index is 13.2. The van der Waals surface area contributed by atoms with Gasteiger partial charge in [0.15, 0.2) is 0 Å². The fraction of sp³-hybridized carbons (Fsp3) is 0.500. The van der Waals surface area contributed by atoms with Crippen molar-refractivity contribution in [3.8, 4) is 0 Å². The summed E-state index contributed by atoms with van der Waals surface area (Å²) in [5, 5.41) is 7.33. The SMILES string of the molecule is CC(=O)Nc1cccc(NS(=O)(=O)c2cn(C3CCCC3)nc2C(C)(C)C)c1. The number of rotatable bonds is 5. The number of amides is 1. The second-order valence-corrected chi connectivity index (χ2v) is 10.0. The van der Waals surface area contributed by atoms with Gasteiger partial charge in [-0.3, -0.25) is 14.2 Å². The molecule has 1 aromatic carbocycles. The van der Waals surface area contributed by atoms with Crippen LogP contribution in [0.15, 0.2) is 35.4 Å². The summed E-state index contributed by atoms with van der Waals surface area (Å²) >= 11 is 0. The molecule has 0 bridgehead atoms. The van der Waals surface area contributed by atoms with Gasteiger partial charge in [0.25, 0.3) is 10.0 Å². The van der Waals surface area contributed by atoms with Crippen LogP contribution in [0.25, 0.3) is 0 Å². The Bertz CT molecular complexity index is 968. The highest BCUT2D eigenvalue weighted by molar-refractivity contribution is 7.92. The third kappa shape index (κ3) is 4.55. The summed E-state index contributed by atoms with van der Waals surface area (Å²) < 4.78 is 30.8. The standard InChI is InChI=1S/C20H28N4O3S/c1-14(25)21-15-8-7-9-16(12-15)23-28(26,27)18-13-24(17-10-5-6-11-17)22-19(18)20(2,3)4/h7-9,12-13,17,23H,5-6,10-11H2,1-4H3,(H,21,25). The highest BCUT2D eigenvalue weighted by Gasteiger charge is 2.32. The Kier molecular flexibility index (Phi) is 5.52. The molecular formula is C20H28N4O3S. The quantitative estimate of drug-likeness (QED) is 0.786. The van der Waals surface area contributed by atoms with Crippen molar-refractivity contribution in [3.63, 3.8) is 0 Å². The molecule has 0 saturated heterocycles. The van der Waals surface area contributed by atoms with E-state index in [4.69, 9.17) is 0 Å². The second-order valence-electron chi connectivity index (χ2n) is 8.38. The highest BCUT2D eigenvalue weighted by atomic mass is 32.2. The molecule has 2 N–H and O–H groups in total. The molecule has 1 aliphatic carbocycles. The lowest BCUT2D eigenvalue weighted by molar-refractivity contribution is -0.114. The zero-order valence-electron chi connectivity index (χ0n) is 16.8. The van der Waals surface area contributed by atoms with Gasteiger partial charge in [0, 0.05) is 24.2 Å². The van der Waals surface area contributed by atoms with Gasteiger partial charge in [-0.25, -0.2) is 8.42 Å². The molecule has 0 unspecified atom stereocenters. The molecule has 1 saturated carbocycles. The van der Waals surface area contributed by atoms with Crippen LogP contribution in [0.1, 0.15) is 65.1 Å². The molecule has 2 aromatic rings. The summed E-state index contributed by atoms with van der Waals surface area (Å²) in [4.78, 5) is 11.5. The molecule has 1 aromatic heterocycles. The number of carbonyl (C=O) groups is 1. The Morgan fingerprint density at radius 3 is 2.43 bits per heavy atom. The number of anilines is 2. The second kappa shape index (κ2) is 7.58. The van der Waals surface area contributed by atoms with E-state index in [1.165, 1.54) is 6.92 Å². The van der Waals surface area contributed by atoms with E-state index in [2.05, 4.69) is 15.1 Å². The van der Waals surface area contributed by atoms with Crippen LogP contribution >= 0.6 is 0 Å². The molecule has 0 aliphatic heterocycles.